The molecular weight excluding hydrogens is 458 g/mol. The van der Waals surface area contributed by atoms with Crippen molar-refractivity contribution < 1.29 is 23.9 Å². The van der Waals surface area contributed by atoms with Crippen molar-refractivity contribution in [1.29, 1.82) is 0 Å². The number of hydrogen-bond acceptors (Lipinski definition) is 5. The van der Waals surface area contributed by atoms with E-state index in [0.29, 0.717) is 42.6 Å². The highest BCUT2D eigenvalue weighted by molar-refractivity contribution is 6.05. The summed E-state index contributed by atoms with van der Waals surface area (Å²) in [4.78, 5) is 50.2. The summed E-state index contributed by atoms with van der Waals surface area (Å²) in [5.74, 6) is 4.85. The van der Waals surface area contributed by atoms with Crippen LogP contribution in [-0.2, 0) is 27.3 Å². The predicted octanol–water partition coefficient (Wildman–Crippen LogP) is 2.54. The van der Waals surface area contributed by atoms with Gasteiger partial charge in [0.2, 0.25) is 17.7 Å². The fourth-order valence-electron chi connectivity index (χ4n) is 4.51. The fraction of sp³-hybridized carbons (Fsp3) is 0.286. The zero-order valence-electron chi connectivity index (χ0n) is 20.0. The Morgan fingerprint density at radius 2 is 2.03 bits per heavy atom. The van der Waals surface area contributed by atoms with Crippen LogP contribution in [0.2, 0.25) is 0 Å². The van der Waals surface area contributed by atoms with E-state index in [2.05, 4.69) is 17.2 Å². The van der Waals surface area contributed by atoms with Crippen LogP contribution in [0.25, 0.3) is 6.08 Å². The van der Waals surface area contributed by atoms with E-state index in [4.69, 9.17) is 10.5 Å². The van der Waals surface area contributed by atoms with E-state index < -0.39 is 17.9 Å². The molecule has 2 aromatic carbocycles. The standard InChI is InChI=1S/C28H27N3O5/c1-2-36-16-15-20-18(9-5-11-21(20)26(29)33)7-3-4-8-19-10-6-12-22-23(19)17-31(28(22)35)24-13-14-25(32)30-27(24)34/h5-6,9-12,15-16,24H,2-3,7,13-14,17H2,1H3,(H2,29,33)(H,30,32,34). The maximum Gasteiger partial charge on any atom is 0.255 e. The molecule has 2 heterocycles. The molecule has 0 aromatic heterocycles. The van der Waals surface area contributed by atoms with E-state index in [1.54, 1.807) is 36.6 Å². The van der Waals surface area contributed by atoms with E-state index in [-0.39, 0.29) is 24.8 Å². The number of primary amides is 1. The van der Waals surface area contributed by atoms with Crippen molar-refractivity contribution in [2.24, 2.45) is 5.73 Å². The summed E-state index contributed by atoms with van der Waals surface area (Å²) in [6.45, 7) is 2.66. The number of benzene rings is 2. The number of nitrogens with two attached hydrogens (primary N) is 1. The molecule has 0 bridgehead atoms. The van der Waals surface area contributed by atoms with Crippen LogP contribution < -0.4 is 11.1 Å². The number of carbonyl (C=O) groups is 4. The molecule has 1 unspecified atom stereocenters. The van der Waals surface area contributed by atoms with Gasteiger partial charge in [0.1, 0.15) is 6.04 Å². The lowest BCUT2D eigenvalue weighted by Crippen LogP contribution is -2.52. The topological polar surface area (TPSA) is 119 Å². The van der Waals surface area contributed by atoms with E-state index in [1.807, 2.05) is 19.1 Å². The molecule has 2 aliphatic rings. The molecule has 3 N–H and O–H groups in total. The molecule has 0 aliphatic carbocycles. The quantitative estimate of drug-likeness (QED) is 0.355. The number of nitrogens with zero attached hydrogens (tertiary/aromatic N) is 1. The molecule has 0 saturated carbocycles. The number of aryl methyl sites for hydroxylation is 1. The lowest BCUT2D eigenvalue weighted by molar-refractivity contribution is -0.136. The maximum atomic E-state index is 13.0. The molecule has 1 fully saturated rings. The van der Waals surface area contributed by atoms with Crippen molar-refractivity contribution in [2.75, 3.05) is 6.61 Å². The summed E-state index contributed by atoms with van der Waals surface area (Å²) in [5.41, 5.74) is 9.66. The van der Waals surface area contributed by atoms with Crippen molar-refractivity contribution in [3.8, 4) is 11.8 Å². The zero-order valence-corrected chi connectivity index (χ0v) is 20.0. The van der Waals surface area contributed by atoms with Crippen LogP contribution in [0.15, 0.2) is 42.7 Å². The fourth-order valence-corrected chi connectivity index (χ4v) is 4.51. The molecule has 0 spiro atoms. The van der Waals surface area contributed by atoms with Crippen molar-refractivity contribution >= 4 is 29.7 Å². The first-order valence-corrected chi connectivity index (χ1v) is 11.9. The Hall–Kier alpha value is -4.38. The van der Waals surface area contributed by atoms with Gasteiger partial charge in [-0.15, -0.1) is 0 Å². The minimum Gasteiger partial charge on any atom is -0.501 e. The summed E-state index contributed by atoms with van der Waals surface area (Å²) in [6.07, 6.45) is 4.93. The molecule has 8 nitrogen and oxygen atoms in total. The Morgan fingerprint density at radius 1 is 1.22 bits per heavy atom. The summed E-state index contributed by atoms with van der Waals surface area (Å²) in [7, 11) is 0. The summed E-state index contributed by atoms with van der Waals surface area (Å²) >= 11 is 0. The number of carbonyl (C=O) groups excluding carboxylic acids is 4. The van der Waals surface area contributed by atoms with Gasteiger partial charge in [0.05, 0.1) is 12.9 Å². The number of nitrogens with one attached hydrogen (secondary N) is 1. The summed E-state index contributed by atoms with van der Waals surface area (Å²) in [5, 5.41) is 2.32. The van der Waals surface area contributed by atoms with Gasteiger partial charge < -0.3 is 15.4 Å². The number of rotatable bonds is 7. The number of piperidine rings is 1. The molecule has 2 aromatic rings. The summed E-state index contributed by atoms with van der Waals surface area (Å²) < 4.78 is 5.29. The Balaban J connectivity index is 1.50. The van der Waals surface area contributed by atoms with Gasteiger partial charge in [0.25, 0.3) is 5.91 Å². The van der Waals surface area contributed by atoms with Gasteiger partial charge in [-0.1, -0.05) is 30.0 Å². The number of fused-ring (bicyclic) bond motifs is 1. The first-order valence-electron chi connectivity index (χ1n) is 11.9. The maximum absolute atomic E-state index is 13.0. The average Bonchev–Trinajstić information content (AvgIpc) is 3.19. The van der Waals surface area contributed by atoms with Crippen molar-refractivity contribution in [3.05, 3.63) is 76.0 Å². The monoisotopic (exact) mass is 485 g/mol. The van der Waals surface area contributed by atoms with Crippen LogP contribution in [0, 0.1) is 11.8 Å². The van der Waals surface area contributed by atoms with Crippen molar-refractivity contribution in [3.63, 3.8) is 0 Å². The van der Waals surface area contributed by atoms with Crippen molar-refractivity contribution in [2.45, 2.75) is 45.2 Å². The lowest BCUT2D eigenvalue weighted by Gasteiger charge is -2.29. The normalized spacial score (nSPS) is 17.0. The molecule has 0 radical (unpaired) electrons. The first kappa shape index (κ1) is 24.7. The smallest absolute Gasteiger partial charge is 0.255 e. The Kier molecular flexibility index (Phi) is 7.50. The van der Waals surface area contributed by atoms with Crippen LogP contribution in [-0.4, -0.2) is 41.2 Å². The first-order chi connectivity index (χ1) is 17.4. The SMILES string of the molecule is CCOC=Cc1c(CCC#Cc2cccc3c2CN(C2CCC(=O)NC2=O)C3=O)cccc1C(N)=O. The van der Waals surface area contributed by atoms with Crippen LogP contribution in [0.4, 0.5) is 0 Å². The third-order valence-corrected chi connectivity index (χ3v) is 6.28. The Morgan fingerprint density at radius 3 is 2.78 bits per heavy atom. The third kappa shape index (κ3) is 5.15. The second-order valence-corrected chi connectivity index (χ2v) is 8.53. The second kappa shape index (κ2) is 10.9. The minimum atomic E-state index is -0.663. The van der Waals surface area contributed by atoms with Gasteiger partial charge in [-0.05, 0) is 60.7 Å². The third-order valence-electron chi connectivity index (χ3n) is 6.28. The van der Waals surface area contributed by atoms with Gasteiger partial charge >= 0.3 is 0 Å². The minimum absolute atomic E-state index is 0.210. The zero-order chi connectivity index (χ0) is 25.7. The number of amides is 4. The van der Waals surface area contributed by atoms with Crippen LogP contribution in [0.3, 0.4) is 0 Å². The van der Waals surface area contributed by atoms with E-state index in [1.165, 1.54) is 4.90 Å². The van der Waals surface area contributed by atoms with Crippen LogP contribution in [0.1, 0.15) is 69.2 Å². The molecule has 184 valence electrons. The Bertz CT molecular complexity index is 1320. The molecular formula is C28H27N3O5. The highest BCUT2D eigenvalue weighted by atomic mass is 16.5. The molecule has 4 amide bonds. The molecule has 4 rings (SSSR count). The van der Waals surface area contributed by atoms with Gasteiger partial charge in [-0.3, -0.25) is 24.5 Å². The predicted molar refractivity (Wildman–Crippen MR) is 133 cm³/mol. The second-order valence-electron chi connectivity index (χ2n) is 8.53. The van der Waals surface area contributed by atoms with Crippen LogP contribution in [0.5, 0.6) is 0 Å². The average molecular weight is 486 g/mol. The molecule has 1 atom stereocenters. The molecule has 8 heteroatoms. The van der Waals surface area contributed by atoms with Gasteiger partial charge in [-0.2, -0.15) is 0 Å². The number of hydrogen-bond donors (Lipinski definition) is 2. The highest BCUT2D eigenvalue weighted by Crippen LogP contribution is 2.29. The van der Waals surface area contributed by atoms with Crippen molar-refractivity contribution in [1.82, 2.24) is 10.2 Å². The molecule has 2 aliphatic heterocycles. The van der Waals surface area contributed by atoms with Gasteiger partial charge in [0, 0.05) is 36.1 Å². The van der Waals surface area contributed by atoms with E-state index >= 15 is 0 Å². The van der Waals surface area contributed by atoms with E-state index in [9.17, 15) is 19.2 Å². The summed E-state index contributed by atoms with van der Waals surface area (Å²) in [6, 6.07) is 10.1. The highest BCUT2D eigenvalue weighted by Gasteiger charge is 2.39. The van der Waals surface area contributed by atoms with Gasteiger partial charge in [0.15, 0.2) is 0 Å². The molecule has 36 heavy (non-hydrogen) atoms. The number of imide groups is 1. The molecule has 1 saturated heterocycles. The largest absolute Gasteiger partial charge is 0.501 e. The Labute approximate surface area is 209 Å². The van der Waals surface area contributed by atoms with E-state index in [0.717, 1.165) is 16.7 Å². The lowest BCUT2D eigenvalue weighted by atomic mass is 9.97. The number of ether oxygens (including phenoxy) is 1. The van der Waals surface area contributed by atoms with Gasteiger partial charge in [-0.25, -0.2) is 0 Å². The van der Waals surface area contributed by atoms with Crippen LogP contribution >= 0.6 is 0 Å².